The summed E-state index contributed by atoms with van der Waals surface area (Å²) >= 11 is 0. The van der Waals surface area contributed by atoms with Crippen LogP contribution in [0.15, 0.2) is 43.0 Å². The highest BCUT2D eigenvalue weighted by Crippen LogP contribution is 2.17. The molecule has 1 aromatic rings. The molecule has 0 aromatic heterocycles. The first kappa shape index (κ1) is 16.4. The minimum Gasteiger partial charge on any atom is -0.367 e. The first-order valence-corrected chi connectivity index (χ1v) is 7.05. The van der Waals surface area contributed by atoms with Gasteiger partial charge in [0.15, 0.2) is 0 Å². The van der Waals surface area contributed by atoms with Crippen LogP contribution in [-0.2, 0) is 16.2 Å². The minimum atomic E-state index is -0.493. The number of benzene rings is 1. The summed E-state index contributed by atoms with van der Waals surface area (Å²) in [7, 11) is 0. The summed E-state index contributed by atoms with van der Waals surface area (Å²) in [5.74, 6) is -0.202. The number of unbranched alkanes of at least 4 members (excludes halogenated alkanes) is 1. The fourth-order valence-electron chi connectivity index (χ4n) is 1.61. The third-order valence-corrected chi connectivity index (χ3v) is 2.84. The van der Waals surface area contributed by atoms with E-state index in [1.807, 2.05) is 57.2 Å². The minimum absolute atomic E-state index is 0.202. The number of hydrogen-bond donors (Lipinski definition) is 0. The van der Waals surface area contributed by atoms with Crippen LogP contribution in [0.3, 0.4) is 0 Å². The first-order chi connectivity index (χ1) is 9.43. The van der Waals surface area contributed by atoms with E-state index in [-0.39, 0.29) is 5.97 Å². The molecule has 0 atom stereocenters. The van der Waals surface area contributed by atoms with E-state index in [2.05, 4.69) is 6.58 Å². The molecule has 3 heteroatoms. The zero-order valence-corrected chi connectivity index (χ0v) is 12.8. The molecule has 0 fully saturated rings. The van der Waals surface area contributed by atoms with Gasteiger partial charge in [-0.25, -0.2) is 4.79 Å². The van der Waals surface area contributed by atoms with E-state index in [0.29, 0.717) is 13.1 Å². The Kier molecular flexibility index (Phi) is 6.46. The zero-order valence-electron chi connectivity index (χ0n) is 12.8. The maximum atomic E-state index is 12.0. The lowest BCUT2D eigenvalue weighted by atomic mass is 9.98. The normalized spacial score (nSPS) is 11.4. The summed E-state index contributed by atoms with van der Waals surface area (Å²) in [4.78, 5) is 17.5. The van der Waals surface area contributed by atoms with Crippen molar-refractivity contribution in [1.29, 1.82) is 0 Å². The lowest BCUT2D eigenvalue weighted by Crippen LogP contribution is -2.33. The fourth-order valence-corrected chi connectivity index (χ4v) is 1.61. The second-order valence-electron chi connectivity index (χ2n) is 5.91. The van der Waals surface area contributed by atoms with Gasteiger partial charge in [-0.1, -0.05) is 36.4 Å². The molecule has 20 heavy (non-hydrogen) atoms. The van der Waals surface area contributed by atoms with E-state index in [1.165, 1.54) is 0 Å². The maximum absolute atomic E-state index is 12.0. The number of carbonyl (C=O) groups excluding carboxylic acids is 1. The number of rotatable bonds is 7. The molecule has 1 aromatic carbocycles. The van der Waals surface area contributed by atoms with Crippen molar-refractivity contribution in [2.45, 2.75) is 40.2 Å². The average molecular weight is 275 g/mol. The highest BCUT2D eigenvalue weighted by atomic mass is 16.7. The van der Waals surface area contributed by atoms with Crippen molar-refractivity contribution in [3.8, 4) is 0 Å². The van der Waals surface area contributed by atoms with Gasteiger partial charge in [-0.2, -0.15) is 0 Å². The Labute approximate surface area is 122 Å². The Morgan fingerprint density at radius 1 is 1.30 bits per heavy atom. The smallest absolute Gasteiger partial charge is 0.330 e. The van der Waals surface area contributed by atoms with Crippen molar-refractivity contribution >= 4 is 5.97 Å². The van der Waals surface area contributed by atoms with Gasteiger partial charge in [0, 0.05) is 6.54 Å². The van der Waals surface area contributed by atoms with Crippen LogP contribution in [0, 0.1) is 5.41 Å². The Morgan fingerprint density at radius 3 is 2.50 bits per heavy atom. The summed E-state index contributed by atoms with van der Waals surface area (Å²) in [5.41, 5.74) is 0.640. The number of carbonyl (C=O) groups is 1. The summed E-state index contributed by atoms with van der Waals surface area (Å²) in [5, 5.41) is 1.74. The van der Waals surface area contributed by atoms with E-state index >= 15 is 0 Å². The maximum Gasteiger partial charge on any atom is 0.330 e. The molecule has 0 aliphatic heterocycles. The average Bonchev–Trinajstić information content (AvgIpc) is 2.39. The summed E-state index contributed by atoms with van der Waals surface area (Å²) in [6, 6.07) is 10.0. The Hall–Kier alpha value is -1.61. The molecule has 1 rings (SSSR count). The largest absolute Gasteiger partial charge is 0.367 e. The molecule has 0 N–H and O–H groups in total. The Morgan fingerprint density at radius 2 is 1.95 bits per heavy atom. The zero-order chi connectivity index (χ0) is 15.0. The Balaban J connectivity index is 2.64. The van der Waals surface area contributed by atoms with E-state index in [0.717, 1.165) is 18.4 Å². The molecule has 0 bridgehead atoms. The van der Waals surface area contributed by atoms with Gasteiger partial charge < -0.3 is 4.84 Å². The van der Waals surface area contributed by atoms with Crippen LogP contribution < -0.4 is 0 Å². The van der Waals surface area contributed by atoms with E-state index < -0.39 is 5.41 Å². The standard InChI is InChI=1S/C17H25NO2/c1-5-6-10-13-18(20-16(19)17(2,3)4)14-15-11-8-7-9-12-15/h5,7-9,11-12H,1,6,10,13-14H2,2-4H3. The van der Waals surface area contributed by atoms with Gasteiger partial charge in [0.2, 0.25) is 0 Å². The number of hydrogen-bond acceptors (Lipinski definition) is 3. The van der Waals surface area contributed by atoms with Crippen molar-refractivity contribution in [1.82, 2.24) is 5.06 Å². The van der Waals surface area contributed by atoms with Crippen molar-refractivity contribution < 1.29 is 9.63 Å². The van der Waals surface area contributed by atoms with Crippen LogP contribution in [-0.4, -0.2) is 17.6 Å². The van der Waals surface area contributed by atoms with Gasteiger partial charge >= 0.3 is 5.97 Å². The van der Waals surface area contributed by atoms with Crippen LogP contribution in [0.2, 0.25) is 0 Å². The van der Waals surface area contributed by atoms with Gasteiger partial charge in [0.25, 0.3) is 0 Å². The molecule has 0 radical (unpaired) electrons. The Bertz CT molecular complexity index is 420. The van der Waals surface area contributed by atoms with E-state index in [4.69, 9.17) is 4.84 Å². The molecule has 0 unspecified atom stereocenters. The van der Waals surface area contributed by atoms with Crippen LogP contribution in [0.4, 0.5) is 0 Å². The predicted octanol–water partition coefficient (Wildman–Crippen LogP) is 3.96. The van der Waals surface area contributed by atoms with Gasteiger partial charge in [0.1, 0.15) is 0 Å². The molecular formula is C17H25NO2. The molecule has 0 saturated heterocycles. The highest BCUT2D eigenvalue weighted by molar-refractivity contribution is 5.75. The number of hydroxylamine groups is 2. The molecule has 0 saturated carbocycles. The second kappa shape index (κ2) is 7.85. The van der Waals surface area contributed by atoms with Crippen LogP contribution in [0.1, 0.15) is 39.2 Å². The van der Waals surface area contributed by atoms with Crippen LogP contribution in [0.5, 0.6) is 0 Å². The lowest BCUT2D eigenvalue weighted by molar-refractivity contribution is -0.203. The molecule has 3 nitrogen and oxygen atoms in total. The van der Waals surface area contributed by atoms with Crippen molar-refractivity contribution in [3.63, 3.8) is 0 Å². The summed E-state index contributed by atoms with van der Waals surface area (Å²) in [6.45, 7) is 10.6. The second-order valence-corrected chi connectivity index (χ2v) is 5.91. The topological polar surface area (TPSA) is 29.5 Å². The van der Waals surface area contributed by atoms with E-state index in [9.17, 15) is 4.79 Å². The third-order valence-electron chi connectivity index (χ3n) is 2.84. The number of nitrogens with zero attached hydrogens (tertiary/aromatic N) is 1. The quantitative estimate of drug-likeness (QED) is 0.428. The molecule has 0 aliphatic carbocycles. The van der Waals surface area contributed by atoms with Crippen molar-refractivity contribution in [2.24, 2.45) is 5.41 Å². The van der Waals surface area contributed by atoms with Gasteiger partial charge in [-0.3, -0.25) is 0 Å². The van der Waals surface area contributed by atoms with E-state index in [1.54, 1.807) is 5.06 Å². The molecule has 0 aliphatic rings. The molecule has 110 valence electrons. The van der Waals surface area contributed by atoms with Crippen molar-refractivity contribution in [2.75, 3.05) is 6.54 Å². The lowest BCUT2D eigenvalue weighted by Gasteiger charge is -2.25. The monoisotopic (exact) mass is 275 g/mol. The SMILES string of the molecule is C=CCCCN(Cc1ccccc1)OC(=O)C(C)(C)C. The van der Waals surface area contributed by atoms with Crippen LogP contribution >= 0.6 is 0 Å². The van der Waals surface area contributed by atoms with Gasteiger partial charge in [0.05, 0.1) is 12.0 Å². The first-order valence-electron chi connectivity index (χ1n) is 7.05. The van der Waals surface area contributed by atoms with Gasteiger partial charge in [-0.15, -0.1) is 11.6 Å². The molecule has 0 amide bonds. The molecular weight excluding hydrogens is 250 g/mol. The molecule has 0 spiro atoms. The highest BCUT2D eigenvalue weighted by Gasteiger charge is 2.25. The third kappa shape index (κ3) is 6.02. The van der Waals surface area contributed by atoms with Crippen LogP contribution in [0.25, 0.3) is 0 Å². The summed E-state index contributed by atoms with van der Waals surface area (Å²) < 4.78 is 0. The van der Waals surface area contributed by atoms with Crippen molar-refractivity contribution in [3.05, 3.63) is 48.6 Å². The van der Waals surface area contributed by atoms with Gasteiger partial charge in [-0.05, 0) is 39.2 Å². The fraction of sp³-hybridized carbons (Fsp3) is 0.471. The number of allylic oxidation sites excluding steroid dienone is 1. The molecule has 0 heterocycles. The predicted molar refractivity (Wildman–Crippen MR) is 81.8 cm³/mol. The summed E-state index contributed by atoms with van der Waals surface area (Å²) in [6.07, 6.45) is 3.72.